The lowest BCUT2D eigenvalue weighted by Gasteiger charge is -2.08. The topological polar surface area (TPSA) is 61.8 Å². The maximum absolute atomic E-state index is 11.4. The Bertz CT molecular complexity index is 441. The molecule has 20 heavy (non-hydrogen) atoms. The molecule has 0 aromatic heterocycles. The van der Waals surface area contributed by atoms with Crippen molar-refractivity contribution < 1.29 is 23.8 Å². The molecule has 0 radical (unpaired) electrons. The Morgan fingerprint density at radius 3 is 2.25 bits per heavy atom. The summed E-state index contributed by atoms with van der Waals surface area (Å²) in [4.78, 5) is 23.6. The molecule has 1 aromatic rings. The van der Waals surface area contributed by atoms with E-state index in [0.29, 0.717) is 5.75 Å². The molecule has 0 saturated heterocycles. The summed E-state index contributed by atoms with van der Waals surface area (Å²) >= 11 is 1.60. The van der Waals surface area contributed by atoms with Crippen LogP contribution in [-0.2, 0) is 14.3 Å². The summed E-state index contributed by atoms with van der Waals surface area (Å²) in [5.41, 5.74) is 0. The largest absolute Gasteiger partial charge is 0.513 e. The predicted molar refractivity (Wildman–Crippen MR) is 76.0 cm³/mol. The first-order valence-corrected chi connectivity index (χ1v) is 7.40. The number of hydrogen-bond acceptors (Lipinski definition) is 6. The van der Waals surface area contributed by atoms with Gasteiger partial charge < -0.3 is 14.2 Å². The van der Waals surface area contributed by atoms with Gasteiger partial charge in [0.05, 0.1) is 5.92 Å². The molecular weight excluding hydrogens is 280 g/mol. The smallest absolute Gasteiger partial charge is 0.462 e. The minimum absolute atomic E-state index is 0.0253. The summed E-state index contributed by atoms with van der Waals surface area (Å²) in [6.45, 7) is 3.46. The number of carbonyl (C=O) groups excluding carboxylic acids is 2. The molecule has 0 aliphatic rings. The van der Waals surface area contributed by atoms with Crippen molar-refractivity contribution >= 4 is 23.9 Å². The predicted octanol–water partition coefficient (Wildman–Crippen LogP) is 3.12. The van der Waals surface area contributed by atoms with Crippen LogP contribution in [0.2, 0.25) is 0 Å². The fraction of sp³-hybridized carbons (Fsp3) is 0.429. The number of ether oxygens (including phenoxy) is 3. The van der Waals surface area contributed by atoms with E-state index in [0.717, 1.165) is 4.90 Å². The van der Waals surface area contributed by atoms with Gasteiger partial charge in [0.25, 0.3) is 0 Å². The summed E-state index contributed by atoms with van der Waals surface area (Å²) in [6, 6.07) is 7.06. The van der Waals surface area contributed by atoms with Crippen molar-refractivity contribution in [1.29, 1.82) is 0 Å². The van der Waals surface area contributed by atoms with Crippen LogP contribution in [0.25, 0.3) is 0 Å². The van der Waals surface area contributed by atoms with Gasteiger partial charge >= 0.3 is 12.1 Å². The van der Waals surface area contributed by atoms with E-state index >= 15 is 0 Å². The van der Waals surface area contributed by atoms with Crippen molar-refractivity contribution in [3.8, 4) is 5.75 Å². The molecule has 0 unspecified atom stereocenters. The van der Waals surface area contributed by atoms with E-state index in [1.807, 2.05) is 18.4 Å². The van der Waals surface area contributed by atoms with Gasteiger partial charge in [0.1, 0.15) is 19.0 Å². The molecule has 1 rings (SSSR count). The Morgan fingerprint density at radius 1 is 1.10 bits per heavy atom. The Kier molecular flexibility index (Phi) is 6.93. The Balaban J connectivity index is 2.24. The molecule has 110 valence electrons. The zero-order chi connectivity index (χ0) is 15.0. The lowest BCUT2D eigenvalue weighted by molar-refractivity contribution is -0.148. The van der Waals surface area contributed by atoms with E-state index in [-0.39, 0.29) is 25.1 Å². The van der Waals surface area contributed by atoms with Crippen LogP contribution in [-0.4, -0.2) is 31.6 Å². The molecule has 0 N–H and O–H groups in total. The lowest BCUT2D eigenvalue weighted by atomic mass is 10.2. The van der Waals surface area contributed by atoms with Gasteiger partial charge in [-0.25, -0.2) is 4.79 Å². The van der Waals surface area contributed by atoms with E-state index in [1.54, 1.807) is 37.7 Å². The number of carbonyl (C=O) groups is 2. The second-order valence-corrected chi connectivity index (χ2v) is 5.08. The number of benzene rings is 1. The molecule has 0 bridgehead atoms. The fourth-order valence-corrected chi connectivity index (χ4v) is 1.61. The van der Waals surface area contributed by atoms with Crippen molar-refractivity contribution in [2.45, 2.75) is 18.7 Å². The Labute approximate surface area is 122 Å². The molecule has 0 atom stereocenters. The molecule has 0 spiro atoms. The minimum Gasteiger partial charge on any atom is -0.462 e. The highest BCUT2D eigenvalue weighted by Gasteiger charge is 2.09. The molecular formula is C14H18O5S. The van der Waals surface area contributed by atoms with Gasteiger partial charge in [0, 0.05) is 4.90 Å². The maximum atomic E-state index is 11.4. The van der Waals surface area contributed by atoms with E-state index in [1.165, 1.54) is 0 Å². The summed E-state index contributed by atoms with van der Waals surface area (Å²) in [7, 11) is 0. The maximum Gasteiger partial charge on any atom is 0.513 e. The van der Waals surface area contributed by atoms with E-state index < -0.39 is 6.16 Å². The molecule has 0 saturated carbocycles. The van der Waals surface area contributed by atoms with Gasteiger partial charge in [-0.05, 0) is 30.5 Å². The van der Waals surface area contributed by atoms with Crippen molar-refractivity contribution in [1.82, 2.24) is 0 Å². The highest BCUT2D eigenvalue weighted by Crippen LogP contribution is 2.19. The zero-order valence-electron chi connectivity index (χ0n) is 11.8. The van der Waals surface area contributed by atoms with Gasteiger partial charge in [0.2, 0.25) is 0 Å². The van der Waals surface area contributed by atoms with Gasteiger partial charge in [-0.3, -0.25) is 4.79 Å². The normalized spacial score (nSPS) is 10.2. The molecule has 0 amide bonds. The number of thioether (sulfide) groups is 1. The first-order valence-electron chi connectivity index (χ1n) is 6.18. The third-order valence-electron chi connectivity index (χ3n) is 2.28. The Morgan fingerprint density at radius 2 is 1.70 bits per heavy atom. The first-order chi connectivity index (χ1) is 9.52. The van der Waals surface area contributed by atoms with Crippen molar-refractivity contribution in [2.24, 2.45) is 5.92 Å². The van der Waals surface area contributed by atoms with Gasteiger partial charge in [-0.1, -0.05) is 13.8 Å². The lowest BCUT2D eigenvalue weighted by Crippen LogP contribution is -2.18. The number of hydrogen-bond donors (Lipinski definition) is 0. The molecule has 5 nitrogen and oxygen atoms in total. The summed E-state index contributed by atoms with van der Waals surface area (Å²) in [6.07, 6.45) is 1.14. The van der Waals surface area contributed by atoms with E-state index in [9.17, 15) is 9.59 Å². The molecule has 0 fully saturated rings. The molecule has 0 aliphatic carbocycles. The van der Waals surface area contributed by atoms with Crippen LogP contribution in [0, 0.1) is 5.92 Å². The highest BCUT2D eigenvalue weighted by molar-refractivity contribution is 7.98. The average Bonchev–Trinajstić information content (AvgIpc) is 2.44. The molecule has 0 aliphatic heterocycles. The van der Waals surface area contributed by atoms with Gasteiger partial charge in [-0.15, -0.1) is 11.8 Å². The minimum atomic E-state index is -0.817. The van der Waals surface area contributed by atoms with Crippen LogP contribution in [0.4, 0.5) is 4.79 Å². The molecule has 6 heteroatoms. The van der Waals surface area contributed by atoms with Crippen LogP contribution in [0.1, 0.15) is 13.8 Å². The van der Waals surface area contributed by atoms with Crippen molar-refractivity contribution in [3.05, 3.63) is 24.3 Å². The molecule has 1 aromatic carbocycles. The second-order valence-electron chi connectivity index (χ2n) is 4.20. The Hall–Kier alpha value is -1.69. The van der Waals surface area contributed by atoms with Crippen LogP contribution < -0.4 is 4.74 Å². The summed E-state index contributed by atoms with van der Waals surface area (Å²) in [5, 5.41) is 0. The quantitative estimate of drug-likeness (QED) is 0.348. The van der Waals surface area contributed by atoms with E-state index in [4.69, 9.17) is 14.2 Å². The monoisotopic (exact) mass is 298 g/mol. The third kappa shape index (κ3) is 5.97. The van der Waals surface area contributed by atoms with Gasteiger partial charge in [0.15, 0.2) is 0 Å². The van der Waals surface area contributed by atoms with Crippen LogP contribution in [0.15, 0.2) is 29.2 Å². The SMILES string of the molecule is CSc1ccc(OC(=O)OCCOC(=O)C(C)C)cc1. The van der Waals surface area contributed by atoms with E-state index in [2.05, 4.69) is 0 Å². The average molecular weight is 298 g/mol. The third-order valence-corrected chi connectivity index (χ3v) is 3.02. The molecule has 0 heterocycles. The van der Waals surface area contributed by atoms with Crippen molar-refractivity contribution in [2.75, 3.05) is 19.5 Å². The number of rotatable bonds is 6. The van der Waals surface area contributed by atoms with Gasteiger partial charge in [-0.2, -0.15) is 0 Å². The summed E-state index contributed by atoms with van der Waals surface area (Å²) < 4.78 is 14.6. The summed E-state index contributed by atoms with van der Waals surface area (Å²) in [5.74, 6) is -0.113. The van der Waals surface area contributed by atoms with Crippen molar-refractivity contribution in [3.63, 3.8) is 0 Å². The standard InChI is InChI=1S/C14H18O5S/c1-10(2)13(15)17-8-9-18-14(16)19-11-4-6-12(20-3)7-5-11/h4-7,10H,8-9H2,1-3H3. The first kappa shape index (κ1) is 16.4. The fourth-order valence-electron chi connectivity index (χ4n) is 1.20. The second kappa shape index (κ2) is 8.47. The van der Waals surface area contributed by atoms with Crippen LogP contribution in [0.5, 0.6) is 5.75 Å². The van der Waals surface area contributed by atoms with Crippen LogP contribution in [0.3, 0.4) is 0 Å². The highest BCUT2D eigenvalue weighted by atomic mass is 32.2. The van der Waals surface area contributed by atoms with Crippen LogP contribution >= 0.6 is 11.8 Å². The zero-order valence-corrected chi connectivity index (χ0v) is 12.6. The number of esters is 1.